The molecule has 1 aromatic carbocycles. The zero-order chi connectivity index (χ0) is 20.5. The molecule has 0 bridgehead atoms. The smallest absolute Gasteiger partial charge is 0.305 e. The Hall–Kier alpha value is -2.68. The van der Waals surface area contributed by atoms with E-state index in [1.807, 2.05) is 0 Å². The van der Waals surface area contributed by atoms with Crippen LogP contribution in [-0.2, 0) is 26.4 Å². The third-order valence-electron chi connectivity index (χ3n) is 4.23. The fraction of sp³-hybridized carbons (Fsp3) is 0.389. The minimum atomic E-state index is -3.42. The number of esters is 1. The first-order valence-corrected chi connectivity index (χ1v) is 9.98. The molecule has 0 fully saturated rings. The maximum absolute atomic E-state index is 13.1. The Morgan fingerprint density at radius 3 is 2.33 bits per heavy atom. The minimum absolute atomic E-state index is 0.156. The third kappa shape index (κ3) is 4.19. The number of rotatable bonds is 6. The number of benzene rings is 1. The summed E-state index contributed by atoms with van der Waals surface area (Å²) in [5.74, 6) is -0.712. The van der Waals surface area contributed by atoms with Crippen molar-refractivity contribution in [3.8, 4) is 5.88 Å². The quantitative estimate of drug-likeness (QED) is 0.418. The summed E-state index contributed by atoms with van der Waals surface area (Å²) in [5.41, 5.74) is 2.16. The molecule has 0 unspecified atom stereocenters. The highest BCUT2D eigenvalue weighted by atomic mass is 32.2. The van der Waals surface area contributed by atoms with Crippen LogP contribution in [0.4, 0.5) is 0 Å². The van der Waals surface area contributed by atoms with E-state index in [4.69, 9.17) is 9.47 Å². The SMILES string of the molecule is CC(=O)OCOc1c(C(=O)c2cc(C)c(S(C)(=O)=O)c(C)c2C)cnn1C. The van der Waals surface area contributed by atoms with Crippen molar-refractivity contribution in [2.24, 2.45) is 7.05 Å². The summed E-state index contributed by atoms with van der Waals surface area (Å²) in [7, 11) is -1.83. The number of ketones is 1. The topological polar surface area (TPSA) is 105 Å². The monoisotopic (exact) mass is 394 g/mol. The molecule has 0 aliphatic rings. The van der Waals surface area contributed by atoms with Crippen LogP contribution in [0.3, 0.4) is 0 Å². The van der Waals surface area contributed by atoms with E-state index in [2.05, 4.69) is 5.10 Å². The number of hydrogen-bond donors (Lipinski definition) is 0. The minimum Gasteiger partial charge on any atom is -0.440 e. The average molecular weight is 394 g/mol. The van der Waals surface area contributed by atoms with Gasteiger partial charge in [-0.2, -0.15) is 5.10 Å². The first-order valence-electron chi connectivity index (χ1n) is 8.08. The van der Waals surface area contributed by atoms with Crippen molar-refractivity contribution in [1.29, 1.82) is 0 Å². The second kappa shape index (κ2) is 7.51. The lowest BCUT2D eigenvalue weighted by atomic mass is 9.95. The molecule has 0 atom stereocenters. The molecule has 0 aliphatic heterocycles. The predicted octanol–water partition coefficient (Wildman–Crippen LogP) is 1.88. The standard InChI is InChI=1S/C18H22N2O6S/c1-10-7-14(11(2)12(3)17(10)27(6,23)24)16(22)15-8-19-20(5)18(15)26-9-25-13(4)21/h7-8H,9H2,1-6H3. The molecule has 0 spiro atoms. The number of hydrogen-bond acceptors (Lipinski definition) is 7. The molecule has 27 heavy (non-hydrogen) atoms. The lowest BCUT2D eigenvalue weighted by molar-refractivity contribution is -0.147. The highest BCUT2D eigenvalue weighted by molar-refractivity contribution is 7.90. The summed E-state index contributed by atoms with van der Waals surface area (Å²) in [4.78, 5) is 24.2. The highest BCUT2D eigenvalue weighted by Crippen LogP contribution is 2.29. The van der Waals surface area contributed by atoms with Gasteiger partial charge in [-0.1, -0.05) is 0 Å². The van der Waals surface area contributed by atoms with E-state index < -0.39 is 15.8 Å². The summed E-state index contributed by atoms with van der Waals surface area (Å²) in [6.07, 6.45) is 2.51. The van der Waals surface area contributed by atoms with Gasteiger partial charge < -0.3 is 9.47 Å². The molecular weight excluding hydrogens is 372 g/mol. The van der Waals surface area contributed by atoms with Crippen molar-refractivity contribution in [2.75, 3.05) is 13.0 Å². The van der Waals surface area contributed by atoms with E-state index in [0.29, 0.717) is 22.3 Å². The summed E-state index contributed by atoms with van der Waals surface area (Å²) in [6.45, 7) is 5.93. The third-order valence-corrected chi connectivity index (χ3v) is 5.60. The lowest BCUT2D eigenvalue weighted by Gasteiger charge is -2.15. The Kier molecular flexibility index (Phi) is 5.74. The van der Waals surface area contributed by atoms with Crippen molar-refractivity contribution in [1.82, 2.24) is 9.78 Å². The fourth-order valence-electron chi connectivity index (χ4n) is 2.93. The van der Waals surface area contributed by atoms with E-state index in [-0.39, 0.29) is 28.9 Å². The van der Waals surface area contributed by atoms with E-state index in [1.54, 1.807) is 33.9 Å². The number of carbonyl (C=O) groups excluding carboxylic acids is 2. The van der Waals surface area contributed by atoms with Gasteiger partial charge in [0.15, 0.2) is 15.6 Å². The van der Waals surface area contributed by atoms with Gasteiger partial charge in [0.05, 0.1) is 11.1 Å². The fourth-order valence-corrected chi connectivity index (χ4v) is 4.28. The first-order chi connectivity index (χ1) is 12.4. The maximum Gasteiger partial charge on any atom is 0.305 e. The van der Waals surface area contributed by atoms with Crippen molar-refractivity contribution in [3.63, 3.8) is 0 Å². The van der Waals surface area contributed by atoms with Crippen molar-refractivity contribution in [2.45, 2.75) is 32.6 Å². The first kappa shape index (κ1) is 20.6. The van der Waals surface area contributed by atoms with Crippen LogP contribution in [0.5, 0.6) is 5.88 Å². The van der Waals surface area contributed by atoms with E-state index in [1.165, 1.54) is 17.8 Å². The zero-order valence-electron chi connectivity index (χ0n) is 16.1. The normalized spacial score (nSPS) is 11.3. The Bertz CT molecular complexity index is 1020. The van der Waals surface area contributed by atoms with E-state index in [0.717, 1.165) is 6.26 Å². The van der Waals surface area contributed by atoms with Crippen LogP contribution in [0, 0.1) is 20.8 Å². The Balaban J connectivity index is 2.50. The molecule has 8 nitrogen and oxygen atoms in total. The van der Waals surface area contributed by atoms with Gasteiger partial charge in [0, 0.05) is 25.8 Å². The number of aryl methyl sites for hydroxylation is 2. The van der Waals surface area contributed by atoms with Gasteiger partial charge in [0.2, 0.25) is 12.7 Å². The van der Waals surface area contributed by atoms with Gasteiger partial charge in [0.25, 0.3) is 0 Å². The number of ether oxygens (including phenoxy) is 2. The van der Waals surface area contributed by atoms with Crippen LogP contribution in [-0.4, -0.2) is 43.0 Å². The number of sulfone groups is 1. The zero-order valence-corrected chi connectivity index (χ0v) is 16.9. The Morgan fingerprint density at radius 1 is 1.15 bits per heavy atom. The molecule has 9 heteroatoms. The lowest BCUT2D eigenvalue weighted by Crippen LogP contribution is -2.13. The number of aromatic nitrogens is 2. The molecule has 0 saturated carbocycles. The van der Waals surface area contributed by atoms with Gasteiger partial charge in [-0.25, -0.2) is 13.1 Å². The molecular formula is C18H22N2O6S. The van der Waals surface area contributed by atoms with E-state index >= 15 is 0 Å². The molecule has 2 rings (SSSR count). The molecule has 0 saturated heterocycles. The molecule has 0 radical (unpaired) electrons. The van der Waals surface area contributed by atoms with Gasteiger partial charge in [-0.05, 0) is 43.5 Å². The second-order valence-electron chi connectivity index (χ2n) is 6.31. The van der Waals surface area contributed by atoms with Crippen LogP contribution in [0.15, 0.2) is 17.2 Å². The van der Waals surface area contributed by atoms with Crippen molar-refractivity contribution in [3.05, 3.63) is 40.1 Å². The van der Waals surface area contributed by atoms with Gasteiger partial charge in [-0.15, -0.1) is 0 Å². The molecule has 0 aliphatic carbocycles. The summed E-state index contributed by atoms with van der Waals surface area (Å²) in [5, 5.41) is 4.03. The van der Waals surface area contributed by atoms with E-state index in [9.17, 15) is 18.0 Å². The number of carbonyl (C=O) groups is 2. The van der Waals surface area contributed by atoms with Crippen LogP contribution in [0.2, 0.25) is 0 Å². The highest BCUT2D eigenvalue weighted by Gasteiger charge is 2.25. The predicted molar refractivity (Wildman–Crippen MR) is 97.7 cm³/mol. The molecule has 0 amide bonds. The Labute approximate surface area is 158 Å². The largest absolute Gasteiger partial charge is 0.440 e. The molecule has 0 N–H and O–H groups in total. The molecule has 1 aromatic heterocycles. The molecule has 2 aromatic rings. The summed E-state index contributed by atoms with van der Waals surface area (Å²) < 4.78 is 35.6. The van der Waals surface area contributed by atoms with Crippen molar-refractivity contribution >= 4 is 21.6 Å². The van der Waals surface area contributed by atoms with Gasteiger partial charge in [0.1, 0.15) is 5.56 Å². The van der Waals surface area contributed by atoms with Crippen molar-refractivity contribution < 1.29 is 27.5 Å². The van der Waals surface area contributed by atoms with Crippen LogP contribution >= 0.6 is 0 Å². The Morgan fingerprint density at radius 2 is 1.78 bits per heavy atom. The van der Waals surface area contributed by atoms with Crippen LogP contribution in [0.25, 0.3) is 0 Å². The second-order valence-corrected chi connectivity index (χ2v) is 8.26. The van der Waals surface area contributed by atoms with Gasteiger partial charge >= 0.3 is 5.97 Å². The van der Waals surface area contributed by atoms with Crippen LogP contribution < -0.4 is 4.74 Å². The molecule has 146 valence electrons. The summed E-state index contributed by atoms with van der Waals surface area (Å²) in [6, 6.07) is 1.56. The molecule has 1 heterocycles. The summed E-state index contributed by atoms with van der Waals surface area (Å²) >= 11 is 0. The van der Waals surface area contributed by atoms with Crippen LogP contribution in [0.1, 0.15) is 39.5 Å². The average Bonchev–Trinajstić information content (AvgIpc) is 2.90. The van der Waals surface area contributed by atoms with Gasteiger partial charge in [-0.3, -0.25) is 9.59 Å². The number of nitrogens with zero attached hydrogens (tertiary/aromatic N) is 2. The maximum atomic E-state index is 13.1.